The zero-order chi connectivity index (χ0) is 40.4. The first-order valence-electron chi connectivity index (χ1n) is 18.8. The summed E-state index contributed by atoms with van der Waals surface area (Å²) in [6.07, 6.45) is 4.19. The summed E-state index contributed by atoms with van der Waals surface area (Å²) in [4.78, 5) is 87.5. The highest BCUT2D eigenvalue weighted by Gasteiger charge is 2.29. The third kappa shape index (κ3) is 19.9. The van der Waals surface area contributed by atoms with Crippen LogP contribution in [0.3, 0.4) is 0 Å². The van der Waals surface area contributed by atoms with Crippen LogP contribution in [0.1, 0.15) is 71.3 Å². The molecule has 1 aliphatic heterocycles. The first kappa shape index (κ1) is 46.3. The standard InChI is InChI=1S/C38H58N6O11/c1-4-52-21-22-54-24-23-53-20-18-41-38(51)55-26-28-11-13-30(14-12-28)42-36(49)29(9-8-17-40-37(39)50)25-31(45)35(27(2)3)43-32(46)10-6-5-7-19-44-33(47)15-16-34(44)48/h11-16,27,29,35H,4-10,17-26H2,1-3H3,(H,41,51)(H,42,49)(H,43,46)(H3,39,40,50)/t29-,35+/m1/s1. The summed E-state index contributed by atoms with van der Waals surface area (Å²) in [6.45, 7) is 9.08. The molecule has 17 heteroatoms. The summed E-state index contributed by atoms with van der Waals surface area (Å²) in [7, 11) is 0. The van der Waals surface area contributed by atoms with Crippen LogP contribution in [0.5, 0.6) is 0 Å². The first-order chi connectivity index (χ1) is 26.4. The molecule has 0 spiro atoms. The van der Waals surface area contributed by atoms with E-state index in [1.54, 1.807) is 38.1 Å². The first-order valence-corrected chi connectivity index (χ1v) is 18.8. The highest BCUT2D eigenvalue weighted by Crippen LogP contribution is 2.20. The number of ketones is 1. The van der Waals surface area contributed by atoms with E-state index in [2.05, 4.69) is 21.3 Å². The molecule has 1 aromatic carbocycles. The number of alkyl carbamates (subject to hydrolysis) is 1. The van der Waals surface area contributed by atoms with E-state index in [-0.39, 0.29) is 74.9 Å². The van der Waals surface area contributed by atoms with Crippen molar-refractivity contribution in [3.63, 3.8) is 0 Å². The van der Waals surface area contributed by atoms with Crippen molar-refractivity contribution in [3.8, 4) is 0 Å². The number of Topliss-reactive ketones (excluding diaryl/α,β-unsaturated/α-hetero) is 1. The van der Waals surface area contributed by atoms with Gasteiger partial charge in [0.2, 0.25) is 11.8 Å². The molecule has 0 radical (unpaired) electrons. The summed E-state index contributed by atoms with van der Waals surface area (Å²) in [5.41, 5.74) is 6.32. The lowest BCUT2D eigenvalue weighted by Crippen LogP contribution is -2.45. The number of rotatable bonds is 29. The largest absolute Gasteiger partial charge is 0.445 e. The molecule has 1 aliphatic rings. The predicted molar refractivity (Wildman–Crippen MR) is 202 cm³/mol. The second kappa shape index (κ2) is 26.8. The van der Waals surface area contributed by atoms with Crippen molar-refractivity contribution in [2.75, 3.05) is 64.6 Å². The fraction of sp³-hybridized carbons (Fsp3) is 0.605. The number of hydrogen-bond acceptors (Lipinski definition) is 11. The van der Waals surface area contributed by atoms with Gasteiger partial charge >= 0.3 is 12.1 Å². The van der Waals surface area contributed by atoms with Crippen molar-refractivity contribution in [2.24, 2.45) is 17.6 Å². The maximum absolute atomic E-state index is 13.5. The highest BCUT2D eigenvalue weighted by molar-refractivity contribution is 6.12. The van der Waals surface area contributed by atoms with Gasteiger partial charge in [0.05, 0.1) is 39.1 Å². The summed E-state index contributed by atoms with van der Waals surface area (Å²) in [5, 5.41) is 10.7. The van der Waals surface area contributed by atoms with Gasteiger partial charge in [0, 0.05) is 62.8 Å². The molecule has 0 fully saturated rings. The molecule has 0 aliphatic carbocycles. The lowest BCUT2D eigenvalue weighted by atomic mass is 9.89. The fourth-order valence-corrected chi connectivity index (χ4v) is 5.44. The van der Waals surface area contributed by atoms with E-state index in [1.807, 2.05) is 6.92 Å². The Kier molecular flexibility index (Phi) is 22.6. The normalized spacial score (nSPS) is 13.4. The Morgan fingerprint density at radius 2 is 1.45 bits per heavy atom. The number of hydrogen-bond donors (Lipinski definition) is 5. The van der Waals surface area contributed by atoms with Crippen molar-refractivity contribution in [1.29, 1.82) is 0 Å². The van der Waals surface area contributed by atoms with Crippen molar-refractivity contribution in [2.45, 2.75) is 78.4 Å². The molecular formula is C38H58N6O11. The number of primary amides is 1. The van der Waals surface area contributed by atoms with Gasteiger partial charge in [-0.25, -0.2) is 9.59 Å². The number of urea groups is 1. The Labute approximate surface area is 322 Å². The van der Waals surface area contributed by atoms with Gasteiger partial charge in [-0.1, -0.05) is 32.4 Å². The summed E-state index contributed by atoms with van der Waals surface area (Å²) in [5.74, 6) is -2.72. The smallest absolute Gasteiger partial charge is 0.407 e. The minimum Gasteiger partial charge on any atom is -0.445 e. The molecular weight excluding hydrogens is 716 g/mol. The maximum atomic E-state index is 13.5. The van der Waals surface area contributed by atoms with Crippen LogP contribution in [-0.2, 0) is 49.5 Å². The number of nitrogens with two attached hydrogens (primary N) is 1. The second-order valence-electron chi connectivity index (χ2n) is 13.2. The fourth-order valence-electron chi connectivity index (χ4n) is 5.44. The van der Waals surface area contributed by atoms with E-state index in [0.29, 0.717) is 76.6 Å². The maximum Gasteiger partial charge on any atom is 0.407 e. The van der Waals surface area contributed by atoms with Crippen molar-refractivity contribution in [3.05, 3.63) is 42.0 Å². The van der Waals surface area contributed by atoms with E-state index >= 15 is 0 Å². The van der Waals surface area contributed by atoms with Gasteiger partial charge in [-0.05, 0) is 56.2 Å². The Morgan fingerprint density at radius 1 is 0.800 bits per heavy atom. The molecule has 2 atom stereocenters. The van der Waals surface area contributed by atoms with E-state index in [4.69, 9.17) is 24.7 Å². The van der Waals surface area contributed by atoms with E-state index in [1.165, 1.54) is 12.2 Å². The topological polar surface area (TPSA) is 234 Å². The molecule has 7 amide bonds. The van der Waals surface area contributed by atoms with Gasteiger partial charge in [-0.3, -0.25) is 28.9 Å². The van der Waals surface area contributed by atoms with Crippen molar-refractivity contribution >= 4 is 47.2 Å². The third-order valence-electron chi connectivity index (χ3n) is 8.42. The minimum atomic E-state index is -0.822. The van der Waals surface area contributed by atoms with Crippen LogP contribution < -0.4 is 27.0 Å². The van der Waals surface area contributed by atoms with Crippen LogP contribution in [0.25, 0.3) is 0 Å². The average Bonchev–Trinajstić information content (AvgIpc) is 3.47. The van der Waals surface area contributed by atoms with Gasteiger partial charge in [0.1, 0.15) is 6.61 Å². The highest BCUT2D eigenvalue weighted by atomic mass is 16.6. The molecule has 0 saturated heterocycles. The quantitative estimate of drug-likeness (QED) is 0.0586. The number of carbonyl (C=O) groups excluding carboxylic acids is 7. The predicted octanol–water partition coefficient (Wildman–Crippen LogP) is 2.57. The zero-order valence-electron chi connectivity index (χ0n) is 32.2. The molecule has 306 valence electrons. The number of nitrogens with one attached hydrogen (secondary N) is 4. The van der Waals surface area contributed by atoms with E-state index < -0.39 is 30.0 Å². The lowest BCUT2D eigenvalue weighted by Gasteiger charge is -2.24. The average molecular weight is 775 g/mol. The molecule has 1 aromatic rings. The Hall–Kier alpha value is -4.87. The number of imide groups is 1. The van der Waals surface area contributed by atoms with Crippen LogP contribution in [0.4, 0.5) is 15.3 Å². The number of amides is 7. The van der Waals surface area contributed by atoms with Crippen LogP contribution in [0.2, 0.25) is 0 Å². The molecule has 6 N–H and O–H groups in total. The van der Waals surface area contributed by atoms with Crippen LogP contribution in [-0.4, -0.2) is 112 Å². The Balaban J connectivity index is 1.82. The number of ether oxygens (including phenoxy) is 4. The van der Waals surface area contributed by atoms with E-state index in [0.717, 1.165) is 4.90 Å². The monoisotopic (exact) mass is 774 g/mol. The number of anilines is 1. The molecule has 0 aromatic heterocycles. The zero-order valence-corrected chi connectivity index (χ0v) is 32.2. The second-order valence-corrected chi connectivity index (χ2v) is 13.2. The third-order valence-corrected chi connectivity index (χ3v) is 8.42. The Morgan fingerprint density at radius 3 is 2.09 bits per heavy atom. The summed E-state index contributed by atoms with van der Waals surface area (Å²) in [6, 6.07) is 5.18. The van der Waals surface area contributed by atoms with Crippen LogP contribution in [0.15, 0.2) is 36.4 Å². The SMILES string of the molecule is CCOCCOCCOCCNC(=O)OCc1ccc(NC(=O)[C@H](CCCNC(N)=O)CC(=O)[C@@H](NC(=O)CCCCCN2C(=O)C=CC2=O)C(C)C)cc1. The Bertz CT molecular complexity index is 1400. The number of nitrogens with zero attached hydrogens (tertiary/aromatic N) is 1. The molecule has 0 unspecified atom stereocenters. The number of unbranched alkanes of at least 4 members (excludes halogenated alkanes) is 2. The summed E-state index contributed by atoms with van der Waals surface area (Å²) < 4.78 is 21.2. The van der Waals surface area contributed by atoms with Crippen molar-refractivity contribution in [1.82, 2.24) is 20.9 Å². The lowest BCUT2D eigenvalue weighted by molar-refractivity contribution is -0.137. The van der Waals surface area contributed by atoms with Gasteiger partial charge in [0.25, 0.3) is 11.8 Å². The van der Waals surface area contributed by atoms with Gasteiger partial charge in [-0.2, -0.15) is 0 Å². The van der Waals surface area contributed by atoms with Crippen LogP contribution in [0, 0.1) is 11.8 Å². The molecule has 0 saturated carbocycles. The number of benzene rings is 1. The van der Waals surface area contributed by atoms with Gasteiger partial charge in [-0.15, -0.1) is 0 Å². The van der Waals surface area contributed by atoms with Gasteiger partial charge in [0.15, 0.2) is 5.78 Å². The molecule has 2 rings (SSSR count). The van der Waals surface area contributed by atoms with E-state index in [9.17, 15) is 33.6 Å². The van der Waals surface area contributed by atoms with Crippen LogP contribution >= 0.6 is 0 Å². The number of carbonyl (C=O) groups is 7. The molecule has 0 bridgehead atoms. The molecule has 17 nitrogen and oxygen atoms in total. The minimum absolute atomic E-state index is 0.000770. The molecule has 1 heterocycles. The van der Waals surface area contributed by atoms with Crippen molar-refractivity contribution < 1.29 is 52.5 Å². The molecule has 55 heavy (non-hydrogen) atoms. The summed E-state index contributed by atoms with van der Waals surface area (Å²) >= 11 is 0. The van der Waals surface area contributed by atoms with Gasteiger partial charge < -0.3 is 45.9 Å².